The van der Waals surface area contributed by atoms with Crippen molar-refractivity contribution in [3.8, 4) is 5.75 Å². The smallest absolute Gasteiger partial charge is 0.275 e. The summed E-state index contributed by atoms with van der Waals surface area (Å²) in [5, 5.41) is 6.33. The molecule has 0 aromatic heterocycles. The summed E-state index contributed by atoms with van der Waals surface area (Å²) in [6.45, 7) is 0. The molecule has 0 radical (unpaired) electrons. The topological polar surface area (TPSA) is 41.9 Å². The summed E-state index contributed by atoms with van der Waals surface area (Å²) in [6.07, 6.45) is 0.659. The van der Waals surface area contributed by atoms with Crippen LogP contribution in [0.4, 0.5) is 0 Å². The lowest BCUT2D eigenvalue weighted by Crippen LogP contribution is -2.27. The van der Waals surface area contributed by atoms with Crippen LogP contribution in [0.15, 0.2) is 88.4 Å². The van der Waals surface area contributed by atoms with Gasteiger partial charge in [0.05, 0.1) is 24.4 Å². The van der Waals surface area contributed by atoms with E-state index in [9.17, 15) is 4.79 Å². The number of benzene rings is 3. The maximum atomic E-state index is 13.3. The molecule has 3 aromatic rings. The number of hydrogen-bond donors (Lipinski definition) is 0. The Kier molecular flexibility index (Phi) is 5.26. The van der Waals surface area contributed by atoms with E-state index >= 15 is 0 Å². The molecule has 1 aliphatic rings. The van der Waals surface area contributed by atoms with E-state index in [-0.39, 0.29) is 11.9 Å². The first-order valence-electron chi connectivity index (χ1n) is 9.02. The maximum absolute atomic E-state index is 13.3. The summed E-state index contributed by atoms with van der Waals surface area (Å²) in [5.41, 5.74) is 3.54. The minimum atomic E-state index is -0.141. The van der Waals surface area contributed by atoms with Crippen LogP contribution < -0.4 is 4.74 Å². The zero-order valence-corrected chi connectivity index (χ0v) is 17.0. The van der Waals surface area contributed by atoms with Crippen LogP contribution in [0.3, 0.4) is 0 Å². The number of halogens is 1. The van der Waals surface area contributed by atoms with Crippen LogP contribution in [0.25, 0.3) is 0 Å². The molecule has 1 aliphatic heterocycles. The highest BCUT2D eigenvalue weighted by Crippen LogP contribution is 2.35. The van der Waals surface area contributed by atoms with Crippen LogP contribution in [0.1, 0.15) is 33.9 Å². The predicted octanol–water partition coefficient (Wildman–Crippen LogP) is 5.45. The Hall–Kier alpha value is -2.92. The molecule has 1 unspecified atom stereocenters. The number of carbonyl (C=O) groups excluding carboxylic acids is 1. The monoisotopic (exact) mass is 434 g/mol. The molecule has 5 heteroatoms. The van der Waals surface area contributed by atoms with Crippen LogP contribution >= 0.6 is 15.9 Å². The molecule has 4 rings (SSSR count). The summed E-state index contributed by atoms with van der Waals surface area (Å²) in [5.74, 6) is 0.674. The molecule has 28 heavy (non-hydrogen) atoms. The highest BCUT2D eigenvalue weighted by atomic mass is 79.9. The molecule has 0 fully saturated rings. The number of carbonyl (C=O) groups is 1. The number of rotatable bonds is 4. The standard InChI is InChI=1S/C23H19BrN2O2/c1-28-18-13-11-16(12-14-18)21-15-22(17-7-3-2-4-8-17)26(25-21)23(27)19-9-5-6-10-20(19)24/h2-14,22H,15H2,1H3. The van der Waals surface area contributed by atoms with E-state index in [1.807, 2.05) is 78.9 Å². The van der Waals surface area contributed by atoms with Crippen LogP contribution in [-0.2, 0) is 0 Å². The maximum Gasteiger partial charge on any atom is 0.275 e. The molecule has 0 spiro atoms. The molecule has 1 amide bonds. The first-order chi connectivity index (χ1) is 13.7. The van der Waals surface area contributed by atoms with Gasteiger partial charge >= 0.3 is 0 Å². The third kappa shape index (κ3) is 3.58. The fourth-order valence-corrected chi connectivity index (χ4v) is 3.80. The van der Waals surface area contributed by atoms with Crippen LogP contribution in [-0.4, -0.2) is 23.7 Å². The number of ether oxygens (including phenoxy) is 1. The molecule has 3 aromatic carbocycles. The van der Waals surface area contributed by atoms with E-state index in [4.69, 9.17) is 9.84 Å². The van der Waals surface area contributed by atoms with Crippen molar-refractivity contribution < 1.29 is 9.53 Å². The number of hydrogen-bond acceptors (Lipinski definition) is 3. The van der Waals surface area contributed by atoms with Gasteiger partial charge in [0.25, 0.3) is 5.91 Å². The first-order valence-corrected chi connectivity index (χ1v) is 9.81. The largest absolute Gasteiger partial charge is 0.497 e. The van der Waals surface area contributed by atoms with Gasteiger partial charge in [-0.2, -0.15) is 5.10 Å². The molecule has 0 bridgehead atoms. The molecule has 1 atom stereocenters. The number of methoxy groups -OCH3 is 1. The predicted molar refractivity (Wildman–Crippen MR) is 114 cm³/mol. The second kappa shape index (κ2) is 7.98. The molecular weight excluding hydrogens is 416 g/mol. The number of hydrazone groups is 1. The lowest BCUT2D eigenvalue weighted by Gasteiger charge is -2.22. The van der Waals surface area contributed by atoms with E-state index < -0.39 is 0 Å². The Morgan fingerprint density at radius 3 is 2.36 bits per heavy atom. The summed E-state index contributed by atoms with van der Waals surface area (Å²) >= 11 is 3.49. The summed E-state index contributed by atoms with van der Waals surface area (Å²) in [4.78, 5) is 13.3. The fourth-order valence-electron chi connectivity index (χ4n) is 3.35. The lowest BCUT2D eigenvalue weighted by molar-refractivity contribution is 0.0710. The molecule has 0 saturated heterocycles. The second-order valence-corrected chi connectivity index (χ2v) is 7.39. The molecule has 0 aliphatic carbocycles. The molecule has 1 heterocycles. The van der Waals surface area contributed by atoms with Gasteiger partial charge in [-0.05, 0) is 63.5 Å². The Bertz CT molecular complexity index is 1020. The lowest BCUT2D eigenvalue weighted by atomic mass is 9.98. The zero-order valence-electron chi connectivity index (χ0n) is 15.4. The molecule has 0 N–H and O–H groups in total. The molecular formula is C23H19BrN2O2. The first kappa shape index (κ1) is 18.4. The van der Waals surface area contributed by atoms with Gasteiger partial charge in [-0.15, -0.1) is 0 Å². The van der Waals surface area contributed by atoms with Gasteiger partial charge in [0, 0.05) is 10.9 Å². The average molecular weight is 435 g/mol. The van der Waals surface area contributed by atoms with Gasteiger partial charge in [-0.1, -0.05) is 42.5 Å². The van der Waals surface area contributed by atoms with Crippen LogP contribution in [0.2, 0.25) is 0 Å². The van der Waals surface area contributed by atoms with Gasteiger partial charge in [0.1, 0.15) is 5.75 Å². The molecule has 4 nitrogen and oxygen atoms in total. The summed E-state index contributed by atoms with van der Waals surface area (Å²) in [7, 11) is 1.64. The molecule has 140 valence electrons. The zero-order chi connectivity index (χ0) is 19.5. The SMILES string of the molecule is COc1ccc(C2=NN(C(=O)c3ccccc3Br)C(c3ccccc3)C2)cc1. The van der Waals surface area contributed by atoms with Crippen molar-refractivity contribution in [3.63, 3.8) is 0 Å². The number of amides is 1. The van der Waals surface area contributed by atoms with Gasteiger partial charge in [0.2, 0.25) is 0 Å². The Morgan fingerprint density at radius 1 is 1.00 bits per heavy atom. The Balaban J connectivity index is 1.73. The van der Waals surface area contributed by atoms with Crippen molar-refractivity contribution >= 4 is 27.5 Å². The number of nitrogens with zero attached hydrogens (tertiary/aromatic N) is 2. The van der Waals surface area contributed by atoms with E-state index in [1.165, 1.54) is 0 Å². The van der Waals surface area contributed by atoms with E-state index in [0.717, 1.165) is 27.1 Å². The normalized spacial score (nSPS) is 16.0. The third-order valence-electron chi connectivity index (χ3n) is 4.83. The van der Waals surface area contributed by atoms with E-state index in [1.54, 1.807) is 12.1 Å². The highest BCUT2D eigenvalue weighted by molar-refractivity contribution is 9.10. The van der Waals surface area contributed by atoms with Crippen molar-refractivity contribution in [3.05, 3.63) is 100 Å². The van der Waals surface area contributed by atoms with Crippen LogP contribution in [0.5, 0.6) is 5.75 Å². The fraction of sp³-hybridized carbons (Fsp3) is 0.130. The quantitative estimate of drug-likeness (QED) is 0.547. The van der Waals surface area contributed by atoms with Crippen molar-refractivity contribution in [2.45, 2.75) is 12.5 Å². The minimum Gasteiger partial charge on any atom is -0.497 e. The van der Waals surface area contributed by atoms with E-state index in [2.05, 4.69) is 15.9 Å². The van der Waals surface area contributed by atoms with Gasteiger partial charge in [-0.25, -0.2) is 5.01 Å². The van der Waals surface area contributed by atoms with Crippen molar-refractivity contribution in [2.75, 3.05) is 7.11 Å². The third-order valence-corrected chi connectivity index (χ3v) is 5.52. The molecule has 0 saturated carbocycles. The average Bonchev–Trinajstić information content (AvgIpc) is 3.20. The van der Waals surface area contributed by atoms with Gasteiger partial charge < -0.3 is 4.74 Å². The van der Waals surface area contributed by atoms with Crippen molar-refractivity contribution in [2.24, 2.45) is 5.10 Å². The Morgan fingerprint density at radius 2 is 1.68 bits per heavy atom. The van der Waals surface area contributed by atoms with Gasteiger partial charge in [-0.3, -0.25) is 4.79 Å². The summed E-state index contributed by atoms with van der Waals surface area (Å²) in [6, 6.07) is 25.1. The van der Waals surface area contributed by atoms with Crippen molar-refractivity contribution in [1.29, 1.82) is 0 Å². The second-order valence-electron chi connectivity index (χ2n) is 6.54. The summed E-state index contributed by atoms with van der Waals surface area (Å²) < 4.78 is 6.01. The Labute approximate surface area is 172 Å². The van der Waals surface area contributed by atoms with E-state index in [0.29, 0.717) is 12.0 Å². The van der Waals surface area contributed by atoms with Gasteiger partial charge in [0.15, 0.2) is 0 Å². The van der Waals surface area contributed by atoms with Crippen molar-refractivity contribution in [1.82, 2.24) is 5.01 Å². The highest BCUT2D eigenvalue weighted by Gasteiger charge is 2.34. The minimum absolute atomic E-state index is 0.121. The van der Waals surface area contributed by atoms with Crippen LogP contribution in [0, 0.1) is 0 Å².